The number of hydrogen-bond acceptors (Lipinski definition) is 6. The van der Waals surface area contributed by atoms with Crippen molar-refractivity contribution < 1.29 is 9.90 Å². The lowest BCUT2D eigenvalue weighted by molar-refractivity contribution is 0.0690. The fourth-order valence-electron chi connectivity index (χ4n) is 1.60. The van der Waals surface area contributed by atoms with Crippen LogP contribution in [0.2, 0.25) is 0 Å². The van der Waals surface area contributed by atoms with Crippen LogP contribution >= 0.6 is 11.3 Å². The molecule has 0 amide bonds. The Hall–Kier alpha value is -2.02. The average molecular weight is 278 g/mol. The zero-order chi connectivity index (χ0) is 14.0. The van der Waals surface area contributed by atoms with E-state index in [0.717, 1.165) is 5.01 Å². The molecule has 0 bridgehead atoms. The Morgan fingerprint density at radius 3 is 2.74 bits per heavy atom. The van der Waals surface area contributed by atoms with Crippen LogP contribution in [0, 0.1) is 6.92 Å². The largest absolute Gasteiger partial charge is 0.477 e. The smallest absolute Gasteiger partial charge is 0.354 e. The minimum Gasteiger partial charge on any atom is -0.477 e. The number of carboxylic acids is 1. The molecular weight excluding hydrogens is 264 g/mol. The first kappa shape index (κ1) is 13.4. The number of thiazole rings is 1. The van der Waals surface area contributed by atoms with E-state index >= 15 is 0 Å². The molecule has 19 heavy (non-hydrogen) atoms. The Kier molecular flexibility index (Phi) is 3.48. The minimum absolute atomic E-state index is 0.0232. The van der Waals surface area contributed by atoms with Crippen LogP contribution in [0.4, 0.5) is 5.95 Å². The van der Waals surface area contributed by atoms with Crippen molar-refractivity contribution in [3.63, 3.8) is 0 Å². The van der Waals surface area contributed by atoms with Crippen molar-refractivity contribution in [3.05, 3.63) is 34.0 Å². The van der Waals surface area contributed by atoms with Crippen molar-refractivity contribution in [2.45, 2.75) is 26.3 Å². The minimum atomic E-state index is -1.07. The summed E-state index contributed by atoms with van der Waals surface area (Å²) in [7, 11) is 0. The first-order valence-electron chi connectivity index (χ1n) is 5.65. The van der Waals surface area contributed by atoms with E-state index in [2.05, 4.69) is 20.3 Å². The van der Waals surface area contributed by atoms with Gasteiger partial charge in [-0.05, 0) is 26.8 Å². The quantitative estimate of drug-likeness (QED) is 0.892. The summed E-state index contributed by atoms with van der Waals surface area (Å²) in [5, 5.41) is 14.9. The third-order valence-electron chi connectivity index (χ3n) is 2.46. The number of anilines is 1. The maximum atomic E-state index is 11.0. The number of aryl methyl sites for hydroxylation is 1. The molecule has 0 aliphatic carbocycles. The van der Waals surface area contributed by atoms with Gasteiger partial charge in [0.05, 0.1) is 5.54 Å². The van der Waals surface area contributed by atoms with Crippen molar-refractivity contribution in [1.82, 2.24) is 15.0 Å². The van der Waals surface area contributed by atoms with Crippen molar-refractivity contribution in [3.8, 4) is 0 Å². The van der Waals surface area contributed by atoms with E-state index in [9.17, 15) is 4.79 Å². The summed E-state index contributed by atoms with van der Waals surface area (Å²) in [6, 6.07) is 1.43. The number of carboxylic acid groups (broad SMARTS) is 1. The average Bonchev–Trinajstić information content (AvgIpc) is 2.81. The van der Waals surface area contributed by atoms with Crippen LogP contribution in [-0.2, 0) is 5.54 Å². The number of aromatic carboxylic acids is 1. The molecule has 2 N–H and O–H groups in total. The molecule has 0 atom stereocenters. The standard InChI is InChI=1S/C12H14N4O2S/c1-7-6-8(9(17)18)15-11(14-7)16-12(2,3)10-13-4-5-19-10/h4-6H,1-3H3,(H,17,18)(H,14,15,16). The third kappa shape index (κ3) is 3.05. The van der Waals surface area contributed by atoms with E-state index in [4.69, 9.17) is 5.11 Å². The number of carbonyl (C=O) groups is 1. The molecule has 0 aromatic carbocycles. The van der Waals surface area contributed by atoms with Gasteiger partial charge in [-0.25, -0.2) is 19.7 Å². The van der Waals surface area contributed by atoms with Crippen molar-refractivity contribution in [2.75, 3.05) is 5.32 Å². The summed E-state index contributed by atoms with van der Waals surface area (Å²) < 4.78 is 0. The molecule has 2 aromatic rings. The molecular formula is C12H14N4O2S. The molecule has 0 aliphatic rings. The Labute approximate surface area is 114 Å². The van der Waals surface area contributed by atoms with Gasteiger partial charge >= 0.3 is 5.97 Å². The summed E-state index contributed by atoms with van der Waals surface area (Å²) in [5.41, 5.74) is 0.118. The maximum absolute atomic E-state index is 11.0. The van der Waals surface area contributed by atoms with E-state index in [1.807, 2.05) is 19.2 Å². The molecule has 0 radical (unpaired) electrons. The van der Waals surface area contributed by atoms with Gasteiger partial charge < -0.3 is 10.4 Å². The van der Waals surface area contributed by atoms with Crippen LogP contribution in [0.25, 0.3) is 0 Å². The van der Waals surface area contributed by atoms with Gasteiger partial charge in [0.1, 0.15) is 5.01 Å². The number of aromatic nitrogens is 3. The predicted molar refractivity (Wildman–Crippen MR) is 72.5 cm³/mol. The van der Waals surface area contributed by atoms with Gasteiger partial charge in [0.2, 0.25) is 5.95 Å². The van der Waals surface area contributed by atoms with Crippen molar-refractivity contribution in [1.29, 1.82) is 0 Å². The zero-order valence-corrected chi connectivity index (χ0v) is 11.7. The molecule has 100 valence electrons. The summed E-state index contributed by atoms with van der Waals surface area (Å²) >= 11 is 1.52. The van der Waals surface area contributed by atoms with Gasteiger partial charge in [-0.3, -0.25) is 0 Å². The second-order valence-corrected chi connectivity index (χ2v) is 5.51. The molecule has 0 unspecified atom stereocenters. The maximum Gasteiger partial charge on any atom is 0.354 e. The summed E-state index contributed by atoms with van der Waals surface area (Å²) in [6.45, 7) is 5.62. The lowest BCUT2D eigenvalue weighted by atomic mass is 10.1. The molecule has 2 aromatic heterocycles. The molecule has 0 aliphatic heterocycles. The predicted octanol–water partition coefficient (Wildman–Crippen LogP) is 2.29. The lowest BCUT2D eigenvalue weighted by Gasteiger charge is -2.23. The monoisotopic (exact) mass is 278 g/mol. The first-order valence-corrected chi connectivity index (χ1v) is 6.53. The van der Waals surface area contributed by atoms with Crippen LogP contribution < -0.4 is 5.32 Å². The Bertz CT molecular complexity index is 596. The van der Waals surface area contributed by atoms with Gasteiger partial charge in [0, 0.05) is 17.3 Å². The topological polar surface area (TPSA) is 88.0 Å². The third-order valence-corrected chi connectivity index (χ3v) is 3.56. The number of hydrogen-bond donors (Lipinski definition) is 2. The first-order chi connectivity index (χ1) is 8.88. The normalized spacial score (nSPS) is 11.3. The van der Waals surface area contributed by atoms with Gasteiger partial charge in [-0.1, -0.05) is 0 Å². The SMILES string of the molecule is Cc1cc(C(=O)O)nc(NC(C)(C)c2nccs2)n1. The van der Waals surface area contributed by atoms with Crippen LogP contribution in [0.3, 0.4) is 0 Å². The van der Waals surface area contributed by atoms with Crippen LogP contribution in [0.5, 0.6) is 0 Å². The molecule has 7 heteroatoms. The van der Waals surface area contributed by atoms with Gasteiger partial charge in [0.15, 0.2) is 5.69 Å². The summed E-state index contributed by atoms with van der Waals surface area (Å²) in [5.74, 6) is -0.779. The van der Waals surface area contributed by atoms with Crippen LogP contribution in [0.15, 0.2) is 17.6 Å². The van der Waals surface area contributed by atoms with Crippen molar-refractivity contribution in [2.24, 2.45) is 0 Å². The van der Waals surface area contributed by atoms with Crippen LogP contribution in [0.1, 0.15) is 35.0 Å². The van der Waals surface area contributed by atoms with Crippen molar-refractivity contribution >= 4 is 23.3 Å². The van der Waals surface area contributed by atoms with E-state index < -0.39 is 11.5 Å². The number of nitrogens with zero attached hydrogens (tertiary/aromatic N) is 3. The molecule has 2 rings (SSSR count). The zero-order valence-electron chi connectivity index (χ0n) is 10.8. The summed E-state index contributed by atoms with van der Waals surface area (Å²) in [4.78, 5) is 23.4. The second-order valence-electron chi connectivity index (χ2n) is 4.61. The lowest BCUT2D eigenvalue weighted by Crippen LogP contribution is -2.29. The fraction of sp³-hybridized carbons (Fsp3) is 0.333. The molecule has 0 fully saturated rings. The number of nitrogens with one attached hydrogen (secondary N) is 1. The fourth-order valence-corrected chi connectivity index (χ4v) is 2.32. The second kappa shape index (κ2) is 4.93. The van der Waals surface area contributed by atoms with Gasteiger partial charge in [-0.2, -0.15) is 0 Å². The summed E-state index contributed by atoms with van der Waals surface area (Å²) in [6.07, 6.45) is 1.73. The van der Waals surface area contributed by atoms with E-state index in [-0.39, 0.29) is 11.6 Å². The Morgan fingerprint density at radius 1 is 1.42 bits per heavy atom. The highest BCUT2D eigenvalue weighted by Crippen LogP contribution is 2.25. The molecule has 6 nitrogen and oxygen atoms in total. The highest BCUT2D eigenvalue weighted by atomic mass is 32.1. The Balaban J connectivity index is 2.31. The highest BCUT2D eigenvalue weighted by molar-refractivity contribution is 7.09. The molecule has 0 spiro atoms. The van der Waals surface area contributed by atoms with Gasteiger partial charge in [0.25, 0.3) is 0 Å². The van der Waals surface area contributed by atoms with E-state index in [1.54, 1.807) is 13.1 Å². The van der Waals surface area contributed by atoms with E-state index in [1.165, 1.54) is 17.4 Å². The van der Waals surface area contributed by atoms with E-state index in [0.29, 0.717) is 5.69 Å². The number of rotatable bonds is 4. The molecule has 0 saturated heterocycles. The Morgan fingerprint density at radius 2 is 2.16 bits per heavy atom. The molecule has 0 saturated carbocycles. The van der Waals surface area contributed by atoms with Gasteiger partial charge in [-0.15, -0.1) is 11.3 Å². The van der Waals surface area contributed by atoms with Crippen LogP contribution in [-0.4, -0.2) is 26.0 Å². The highest BCUT2D eigenvalue weighted by Gasteiger charge is 2.24. The molecule has 2 heterocycles.